The van der Waals surface area contributed by atoms with Crippen molar-refractivity contribution in [3.63, 3.8) is 0 Å². The summed E-state index contributed by atoms with van der Waals surface area (Å²) < 4.78 is 37.2. The van der Waals surface area contributed by atoms with E-state index in [-0.39, 0.29) is 17.0 Å². The summed E-state index contributed by atoms with van der Waals surface area (Å²) in [6, 6.07) is 21.2. The third-order valence-corrected chi connectivity index (χ3v) is 5.69. The second-order valence-electron chi connectivity index (χ2n) is 6.73. The Morgan fingerprint density at radius 1 is 0.909 bits per heavy atom. The van der Waals surface area contributed by atoms with E-state index in [1.165, 1.54) is 30.3 Å². The minimum atomic E-state index is -3.70. The molecule has 0 heterocycles. The lowest BCUT2D eigenvalue weighted by molar-refractivity contribution is -0.119. The second-order valence-corrected chi connectivity index (χ2v) is 8.50. The summed E-state index contributed by atoms with van der Waals surface area (Å²) in [5.74, 6) is -0.0961. The van der Waals surface area contributed by atoms with Crippen LogP contribution in [0.2, 0.25) is 0 Å². The quantitative estimate of drug-likeness (QED) is 0.348. The molecule has 0 atom stereocenters. The molecule has 3 rings (SSSR count). The van der Waals surface area contributed by atoms with Gasteiger partial charge in [0.1, 0.15) is 11.5 Å². The lowest BCUT2D eigenvalue weighted by Gasteiger charge is -2.10. The van der Waals surface area contributed by atoms with E-state index < -0.39 is 28.5 Å². The van der Waals surface area contributed by atoms with Crippen LogP contribution in [0.4, 0.5) is 5.69 Å². The largest absolute Gasteiger partial charge is 0.457 e. The number of esters is 1. The van der Waals surface area contributed by atoms with Crippen LogP contribution in [0.15, 0.2) is 96.4 Å². The molecule has 0 spiro atoms. The van der Waals surface area contributed by atoms with E-state index in [2.05, 4.69) is 16.6 Å². The molecule has 2 N–H and O–H groups in total. The van der Waals surface area contributed by atoms with Crippen molar-refractivity contribution in [2.24, 2.45) is 0 Å². The molecule has 0 unspecified atom stereocenters. The standard InChI is InChI=1S/C24H22N2O6S/c1-2-15-25-33(29,30)22-13-11-18(12-14-22)24(28)31-17-23(27)26-19-7-6-10-21(16-19)32-20-8-4-3-5-9-20/h2-14,16,25H,1,15,17H2,(H,26,27). The molecule has 170 valence electrons. The highest BCUT2D eigenvalue weighted by molar-refractivity contribution is 7.89. The van der Waals surface area contributed by atoms with Crippen LogP contribution in [-0.4, -0.2) is 33.4 Å². The van der Waals surface area contributed by atoms with Crippen LogP contribution in [0, 0.1) is 0 Å². The van der Waals surface area contributed by atoms with E-state index in [1.807, 2.05) is 30.3 Å². The molecule has 33 heavy (non-hydrogen) atoms. The topological polar surface area (TPSA) is 111 Å². The fourth-order valence-electron chi connectivity index (χ4n) is 2.70. The highest BCUT2D eigenvalue weighted by Crippen LogP contribution is 2.23. The molecule has 0 aliphatic heterocycles. The zero-order chi connectivity index (χ0) is 23.7. The molecule has 3 aromatic carbocycles. The van der Waals surface area contributed by atoms with Gasteiger partial charge in [-0.1, -0.05) is 30.3 Å². The van der Waals surface area contributed by atoms with Crippen LogP contribution in [0.25, 0.3) is 0 Å². The van der Waals surface area contributed by atoms with Gasteiger partial charge in [-0.2, -0.15) is 0 Å². The normalized spacial score (nSPS) is 10.8. The van der Waals surface area contributed by atoms with E-state index in [1.54, 1.807) is 24.3 Å². The van der Waals surface area contributed by atoms with Crippen LogP contribution < -0.4 is 14.8 Å². The van der Waals surface area contributed by atoms with E-state index in [9.17, 15) is 18.0 Å². The summed E-state index contributed by atoms with van der Waals surface area (Å²) in [6.07, 6.45) is 1.42. The number of sulfonamides is 1. The smallest absolute Gasteiger partial charge is 0.338 e. The fourth-order valence-corrected chi connectivity index (χ4v) is 3.69. The molecular weight excluding hydrogens is 444 g/mol. The van der Waals surface area contributed by atoms with Crippen LogP contribution >= 0.6 is 0 Å². The predicted molar refractivity (Wildman–Crippen MR) is 124 cm³/mol. The predicted octanol–water partition coefficient (Wildman–Crippen LogP) is 3.74. The second kappa shape index (κ2) is 11.1. The SMILES string of the molecule is C=CCNS(=O)(=O)c1ccc(C(=O)OCC(=O)Nc2cccc(Oc3ccccc3)c2)cc1. The first-order valence-electron chi connectivity index (χ1n) is 9.88. The Balaban J connectivity index is 1.53. The van der Waals surface area contributed by atoms with E-state index >= 15 is 0 Å². The molecule has 0 radical (unpaired) electrons. The van der Waals surface area contributed by atoms with E-state index in [0.717, 1.165) is 0 Å². The summed E-state index contributed by atoms with van der Waals surface area (Å²) in [5, 5.41) is 2.63. The van der Waals surface area contributed by atoms with Crippen LogP contribution in [0.1, 0.15) is 10.4 Å². The molecule has 0 saturated heterocycles. The fraction of sp³-hybridized carbons (Fsp3) is 0.0833. The van der Waals surface area contributed by atoms with Crippen molar-refractivity contribution in [1.82, 2.24) is 4.72 Å². The number of carbonyl (C=O) groups excluding carboxylic acids is 2. The molecular formula is C24H22N2O6S. The number of carbonyl (C=O) groups is 2. The highest BCUT2D eigenvalue weighted by Gasteiger charge is 2.15. The van der Waals surface area contributed by atoms with Crippen molar-refractivity contribution in [3.05, 3.63) is 97.1 Å². The summed E-state index contributed by atoms with van der Waals surface area (Å²) >= 11 is 0. The molecule has 1 amide bonds. The summed E-state index contributed by atoms with van der Waals surface area (Å²) in [5.41, 5.74) is 0.592. The molecule has 0 aromatic heterocycles. The van der Waals surface area contributed by atoms with Gasteiger partial charge in [0.05, 0.1) is 10.5 Å². The molecule has 8 nitrogen and oxygen atoms in total. The Kier molecular flexibility index (Phi) is 7.96. The Bertz CT molecular complexity index is 1230. The third-order valence-electron chi connectivity index (χ3n) is 4.25. The number of hydrogen-bond donors (Lipinski definition) is 2. The van der Waals surface area contributed by atoms with Crippen LogP contribution in [0.5, 0.6) is 11.5 Å². The van der Waals surface area contributed by atoms with Crippen LogP contribution in [-0.2, 0) is 19.6 Å². The van der Waals surface area contributed by atoms with Crippen molar-refractivity contribution in [2.45, 2.75) is 4.90 Å². The number of para-hydroxylation sites is 1. The molecule has 3 aromatic rings. The van der Waals surface area contributed by atoms with Crippen molar-refractivity contribution < 1.29 is 27.5 Å². The monoisotopic (exact) mass is 466 g/mol. The number of hydrogen-bond acceptors (Lipinski definition) is 6. The maximum atomic E-state index is 12.2. The maximum Gasteiger partial charge on any atom is 0.338 e. The average molecular weight is 467 g/mol. The van der Waals surface area contributed by atoms with Gasteiger partial charge in [-0.3, -0.25) is 4.79 Å². The third kappa shape index (κ3) is 7.03. The van der Waals surface area contributed by atoms with Gasteiger partial charge in [0, 0.05) is 18.3 Å². The Hall–Kier alpha value is -3.95. The van der Waals surface area contributed by atoms with Gasteiger partial charge < -0.3 is 14.8 Å². The summed E-state index contributed by atoms with van der Waals surface area (Å²) in [4.78, 5) is 24.4. The lowest BCUT2D eigenvalue weighted by Crippen LogP contribution is -2.23. The number of ether oxygens (including phenoxy) is 2. The van der Waals surface area contributed by atoms with Crippen molar-refractivity contribution in [1.29, 1.82) is 0 Å². The zero-order valence-corrected chi connectivity index (χ0v) is 18.4. The van der Waals surface area contributed by atoms with E-state index in [4.69, 9.17) is 9.47 Å². The van der Waals surface area contributed by atoms with Crippen molar-refractivity contribution >= 4 is 27.6 Å². The Labute approximate surface area is 191 Å². The Morgan fingerprint density at radius 2 is 1.61 bits per heavy atom. The first-order valence-corrected chi connectivity index (χ1v) is 11.4. The maximum absolute atomic E-state index is 12.2. The number of amides is 1. The van der Waals surface area contributed by atoms with Gasteiger partial charge >= 0.3 is 5.97 Å². The summed E-state index contributed by atoms with van der Waals surface area (Å²) in [6.45, 7) is 3.03. The number of anilines is 1. The minimum Gasteiger partial charge on any atom is -0.457 e. The van der Waals surface area contributed by atoms with Gasteiger partial charge in [-0.05, 0) is 48.5 Å². The molecule has 0 saturated carbocycles. The van der Waals surface area contributed by atoms with Gasteiger partial charge in [-0.15, -0.1) is 6.58 Å². The zero-order valence-electron chi connectivity index (χ0n) is 17.6. The summed E-state index contributed by atoms with van der Waals surface area (Å²) in [7, 11) is -3.70. The molecule has 0 bridgehead atoms. The molecule has 9 heteroatoms. The van der Waals surface area contributed by atoms with Crippen LogP contribution in [0.3, 0.4) is 0 Å². The number of nitrogens with one attached hydrogen (secondary N) is 2. The average Bonchev–Trinajstić information content (AvgIpc) is 2.82. The van der Waals surface area contributed by atoms with Gasteiger partial charge in [0.25, 0.3) is 5.91 Å². The molecule has 0 aliphatic carbocycles. The van der Waals surface area contributed by atoms with Crippen molar-refractivity contribution in [3.8, 4) is 11.5 Å². The Morgan fingerprint density at radius 3 is 2.30 bits per heavy atom. The van der Waals surface area contributed by atoms with Crippen molar-refractivity contribution in [2.75, 3.05) is 18.5 Å². The molecule has 0 fully saturated rings. The minimum absolute atomic E-state index is 0.00348. The highest BCUT2D eigenvalue weighted by atomic mass is 32.2. The van der Waals surface area contributed by atoms with E-state index in [0.29, 0.717) is 17.2 Å². The first-order chi connectivity index (χ1) is 15.9. The number of benzene rings is 3. The number of rotatable bonds is 10. The lowest BCUT2D eigenvalue weighted by atomic mass is 10.2. The first kappa shape index (κ1) is 23.7. The van der Waals surface area contributed by atoms with Gasteiger partial charge in [-0.25, -0.2) is 17.9 Å². The van der Waals surface area contributed by atoms with Gasteiger partial charge in [0.2, 0.25) is 10.0 Å². The van der Waals surface area contributed by atoms with Gasteiger partial charge in [0.15, 0.2) is 6.61 Å². The molecule has 0 aliphatic rings.